The van der Waals surface area contributed by atoms with Crippen LogP contribution in [0.25, 0.3) is 11.0 Å². The number of rotatable bonds is 4. The second-order valence-corrected chi connectivity index (χ2v) is 3.81. The third kappa shape index (κ3) is 2.56. The first-order valence-corrected chi connectivity index (χ1v) is 5.53. The van der Waals surface area contributed by atoms with Crippen molar-refractivity contribution in [3.05, 3.63) is 63.0 Å². The maximum absolute atomic E-state index is 11.6. The van der Waals surface area contributed by atoms with E-state index >= 15 is 0 Å². The van der Waals surface area contributed by atoms with Crippen molar-refractivity contribution >= 4 is 22.6 Å². The highest BCUT2D eigenvalue weighted by Gasteiger charge is 2.16. The number of non-ortho nitro benzene ring substituents is 1. The largest absolute Gasteiger partial charge is 0.458 e. The first-order valence-electron chi connectivity index (χ1n) is 5.53. The lowest BCUT2D eigenvalue weighted by molar-refractivity contribution is -0.384. The molecule has 0 saturated heterocycles. The summed E-state index contributed by atoms with van der Waals surface area (Å²) in [7, 11) is 0. The van der Waals surface area contributed by atoms with Crippen LogP contribution in [-0.4, -0.2) is 17.5 Å². The minimum absolute atomic E-state index is 0.0503. The molecule has 1 heterocycles. The molecule has 0 aliphatic rings. The number of benzene rings is 1. The summed E-state index contributed by atoms with van der Waals surface area (Å²) in [5.74, 6) is -0.868. The molecule has 0 bridgehead atoms. The van der Waals surface area contributed by atoms with Crippen LogP contribution in [0.15, 0.2) is 46.1 Å². The lowest BCUT2D eigenvalue weighted by Gasteiger charge is -2.02. The normalized spacial score (nSPS) is 10.2. The monoisotopic (exact) mass is 275 g/mol. The number of carbonyl (C=O) groups excluding carboxylic acids is 1. The molecule has 2 rings (SSSR count). The number of nitrogens with zero attached hydrogens (tertiary/aromatic N) is 1. The Morgan fingerprint density at radius 2 is 2.20 bits per heavy atom. The summed E-state index contributed by atoms with van der Waals surface area (Å²) < 4.78 is 9.66. The molecule has 7 nitrogen and oxygen atoms in total. The molecule has 0 radical (unpaired) electrons. The van der Waals surface area contributed by atoms with Crippen LogP contribution in [0, 0.1) is 10.1 Å². The van der Waals surface area contributed by atoms with Crippen molar-refractivity contribution in [1.29, 1.82) is 0 Å². The van der Waals surface area contributed by atoms with Crippen molar-refractivity contribution in [2.45, 2.75) is 0 Å². The van der Waals surface area contributed by atoms with Crippen LogP contribution in [0.4, 0.5) is 5.69 Å². The minimum atomic E-state index is -0.868. The highest BCUT2D eigenvalue weighted by molar-refractivity contribution is 5.93. The van der Waals surface area contributed by atoms with Crippen molar-refractivity contribution in [3.8, 4) is 0 Å². The Balaban J connectivity index is 2.53. The van der Waals surface area contributed by atoms with Gasteiger partial charge < -0.3 is 9.15 Å². The summed E-state index contributed by atoms with van der Waals surface area (Å²) in [5.41, 5.74) is -1.20. The van der Waals surface area contributed by atoms with Crippen LogP contribution in [0.2, 0.25) is 0 Å². The molecule has 20 heavy (non-hydrogen) atoms. The zero-order valence-corrected chi connectivity index (χ0v) is 10.2. The van der Waals surface area contributed by atoms with Gasteiger partial charge >= 0.3 is 11.6 Å². The fourth-order valence-electron chi connectivity index (χ4n) is 1.58. The van der Waals surface area contributed by atoms with E-state index in [0.717, 1.165) is 0 Å². The van der Waals surface area contributed by atoms with E-state index in [2.05, 4.69) is 6.58 Å². The highest BCUT2D eigenvalue weighted by Crippen LogP contribution is 2.20. The molecule has 0 saturated carbocycles. The molecule has 0 aliphatic heterocycles. The van der Waals surface area contributed by atoms with E-state index in [1.54, 1.807) is 0 Å². The molecule has 0 amide bonds. The lowest BCUT2D eigenvalue weighted by Crippen LogP contribution is -2.16. The number of fused-ring (bicyclic) bond motifs is 1. The molecular weight excluding hydrogens is 266 g/mol. The fraction of sp³-hybridized carbons (Fsp3) is 0.0769. The smallest absolute Gasteiger partial charge is 0.351 e. The van der Waals surface area contributed by atoms with E-state index < -0.39 is 16.5 Å². The molecule has 0 atom stereocenters. The van der Waals surface area contributed by atoms with Gasteiger partial charge in [0.2, 0.25) is 0 Å². The number of nitro groups is 1. The molecule has 1 aromatic carbocycles. The molecule has 0 spiro atoms. The molecular formula is C13H9NO6. The number of ether oxygens (including phenoxy) is 1. The van der Waals surface area contributed by atoms with Gasteiger partial charge in [0, 0.05) is 17.5 Å². The predicted molar refractivity (Wildman–Crippen MR) is 69.6 cm³/mol. The molecule has 102 valence electrons. The van der Waals surface area contributed by atoms with Gasteiger partial charge in [-0.2, -0.15) is 0 Å². The maximum atomic E-state index is 11.6. The first-order chi connectivity index (χ1) is 9.52. The maximum Gasteiger partial charge on any atom is 0.351 e. The zero-order chi connectivity index (χ0) is 14.7. The SMILES string of the molecule is C=CCOC(=O)c1cc2cc([N+](=O)[O-])ccc2oc1=O. The average Bonchev–Trinajstić information content (AvgIpc) is 2.43. The van der Waals surface area contributed by atoms with Crippen LogP contribution in [0.3, 0.4) is 0 Å². The van der Waals surface area contributed by atoms with Crippen molar-refractivity contribution in [2.24, 2.45) is 0 Å². The van der Waals surface area contributed by atoms with Crippen molar-refractivity contribution < 1.29 is 18.9 Å². The van der Waals surface area contributed by atoms with E-state index in [1.807, 2.05) is 0 Å². The number of hydrogen-bond donors (Lipinski definition) is 0. The van der Waals surface area contributed by atoms with Crippen LogP contribution < -0.4 is 5.63 Å². The van der Waals surface area contributed by atoms with E-state index in [-0.39, 0.29) is 28.8 Å². The number of esters is 1. The highest BCUT2D eigenvalue weighted by atomic mass is 16.6. The van der Waals surface area contributed by atoms with Crippen molar-refractivity contribution in [3.63, 3.8) is 0 Å². The number of nitro benzene ring substituents is 1. The van der Waals surface area contributed by atoms with Gasteiger partial charge in [-0.05, 0) is 12.1 Å². The first kappa shape index (κ1) is 13.5. The van der Waals surface area contributed by atoms with Crippen LogP contribution in [0.1, 0.15) is 10.4 Å². The minimum Gasteiger partial charge on any atom is -0.458 e. The van der Waals surface area contributed by atoms with Gasteiger partial charge in [0.1, 0.15) is 17.8 Å². The molecule has 2 aromatic rings. The Morgan fingerprint density at radius 1 is 1.45 bits per heavy atom. The Labute approximate surface area is 112 Å². The van der Waals surface area contributed by atoms with Gasteiger partial charge in [0.15, 0.2) is 0 Å². The van der Waals surface area contributed by atoms with Gasteiger partial charge in [-0.15, -0.1) is 0 Å². The van der Waals surface area contributed by atoms with Crippen LogP contribution in [0.5, 0.6) is 0 Å². The third-order valence-corrected chi connectivity index (χ3v) is 2.48. The van der Waals surface area contributed by atoms with Crippen LogP contribution >= 0.6 is 0 Å². The molecule has 0 fully saturated rings. The number of carbonyl (C=O) groups is 1. The van der Waals surface area contributed by atoms with E-state index in [9.17, 15) is 19.7 Å². The summed E-state index contributed by atoms with van der Waals surface area (Å²) in [5, 5.41) is 11.0. The fourth-order valence-corrected chi connectivity index (χ4v) is 1.58. The predicted octanol–water partition coefficient (Wildman–Crippen LogP) is 2.04. The van der Waals surface area contributed by atoms with Crippen LogP contribution in [-0.2, 0) is 4.74 Å². The summed E-state index contributed by atoms with van der Waals surface area (Å²) in [6.45, 7) is 3.33. The second-order valence-electron chi connectivity index (χ2n) is 3.81. The molecule has 0 unspecified atom stereocenters. The van der Waals surface area contributed by atoms with Crippen molar-refractivity contribution in [1.82, 2.24) is 0 Å². The molecule has 1 aromatic heterocycles. The summed E-state index contributed by atoms with van der Waals surface area (Å²) in [4.78, 5) is 33.4. The standard InChI is InChI=1S/C13H9NO6/c1-2-5-19-12(15)10-7-8-6-9(14(17)18)3-4-11(8)20-13(10)16/h2-4,6-7H,1,5H2. The van der Waals surface area contributed by atoms with Gasteiger partial charge in [-0.1, -0.05) is 12.7 Å². The number of hydrogen-bond acceptors (Lipinski definition) is 6. The Kier molecular flexibility index (Phi) is 3.60. The van der Waals surface area contributed by atoms with E-state index in [0.29, 0.717) is 0 Å². The van der Waals surface area contributed by atoms with Gasteiger partial charge in [-0.25, -0.2) is 9.59 Å². The summed E-state index contributed by atoms with van der Waals surface area (Å²) in [6.07, 6.45) is 1.35. The topological polar surface area (TPSA) is 99.7 Å². The van der Waals surface area contributed by atoms with E-state index in [1.165, 1.54) is 30.3 Å². The quantitative estimate of drug-likeness (QED) is 0.278. The van der Waals surface area contributed by atoms with Gasteiger partial charge in [0.05, 0.1) is 4.92 Å². The van der Waals surface area contributed by atoms with Crippen molar-refractivity contribution in [2.75, 3.05) is 6.61 Å². The van der Waals surface area contributed by atoms with E-state index in [4.69, 9.17) is 9.15 Å². The van der Waals surface area contributed by atoms with Gasteiger partial charge in [0.25, 0.3) is 5.69 Å². The molecule has 0 aliphatic carbocycles. The third-order valence-electron chi connectivity index (χ3n) is 2.48. The Bertz CT molecular complexity index is 761. The Hall–Kier alpha value is -2.96. The summed E-state index contributed by atoms with van der Waals surface area (Å²) in [6, 6.07) is 4.93. The second kappa shape index (κ2) is 5.35. The lowest BCUT2D eigenvalue weighted by atomic mass is 10.1. The Morgan fingerprint density at radius 3 is 2.85 bits per heavy atom. The average molecular weight is 275 g/mol. The summed E-state index contributed by atoms with van der Waals surface area (Å²) >= 11 is 0. The van der Waals surface area contributed by atoms with Gasteiger partial charge in [-0.3, -0.25) is 10.1 Å². The molecule has 0 N–H and O–H groups in total. The zero-order valence-electron chi connectivity index (χ0n) is 10.2. The molecule has 7 heteroatoms.